The Kier molecular flexibility index (Phi) is 3.28. The van der Waals surface area contributed by atoms with Gasteiger partial charge in [-0.3, -0.25) is 0 Å². The number of phenols is 1. The van der Waals surface area contributed by atoms with E-state index in [9.17, 15) is 9.50 Å². The second kappa shape index (κ2) is 4.87. The lowest BCUT2D eigenvalue weighted by molar-refractivity contribution is 0.288. The van der Waals surface area contributed by atoms with Crippen molar-refractivity contribution in [3.8, 4) is 11.5 Å². The molecule has 0 bridgehead atoms. The van der Waals surface area contributed by atoms with E-state index >= 15 is 0 Å². The van der Waals surface area contributed by atoms with Gasteiger partial charge in [-0.2, -0.15) is 0 Å². The van der Waals surface area contributed by atoms with Crippen LogP contribution in [0.15, 0.2) is 42.5 Å². The van der Waals surface area contributed by atoms with Gasteiger partial charge in [-0.25, -0.2) is 4.39 Å². The van der Waals surface area contributed by atoms with E-state index in [0.29, 0.717) is 12.4 Å². The smallest absolute Gasteiger partial charge is 0.161 e. The number of benzene rings is 2. The van der Waals surface area contributed by atoms with Gasteiger partial charge in [0, 0.05) is 0 Å². The fraction of sp³-hybridized carbons (Fsp3) is 0.143. The third-order valence-corrected chi connectivity index (χ3v) is 2.55. The predicted molar refractivity (Wildman–Crippen MR) is 63.6 cm³/mol. The highest BCUT2D eigenvalue weighted by Gasteiger charge is 2.03. The second-order valence-electron chi connectivity index (χ2n) is 3.83. The highest BCUT2D eigenvalue weighted by atomic mass is 19.1. The lowest BCUT2D eigenvalue weighted by Gasteiger charge is -2.09. The maximum absolute atomic E-state index is 12.9. The summed E-state index contributed by atoms with van der Waals surface area (Å²) in [5.41, 5.74) is 1.73. The van der Waals surface area contributed by atoms with Crippen LogP contribution in [-0.2, 0) is 6.61 Å². The normalized spacial score (nSPS) is 10.2. The molecule has 0 aliphatic heterocycles. The highest BCUT2D eigenvalue weighted by molar-refractivity contribution is 5.38. The molecule has 0 heterocycles. The lowest BCUT2D eigenvalue weighted by atomic mass is 10.1. The molecule has 0 aliphatic carbocycles. The summed E-state index contributed by atoms with van der Waals surface area (Å²) in [7, 11) is 0. The highest BCUT2D eigenvalue weighted by Crippen LogP contribution is 2.25. The van der Waals surface area contributed by atoms with Crippen LogP contribution < -0.4 is 4.74 Å². The molecule has 3 heteroatoms. The van der Waals surface area contributed by atoms with Crippen molar-refractivity contribution < 1.29 is 14.2 Å². The number of rotatable bonds is 3. The van der Waals surface area contributed by atoms with Crippen LogP contribution in [-0.4, -0.2) is 5.11 Å². The second-order valence-corrected chi connectivity index (χ2v) is 3.83. The van der Waals surface area contributed by atoms with Crippen LogP contribution >= 0.6 is 0 Å². The summed E-state index contributed by atoms with van der Waals surface area (Å²) in [6.07, 6.45) is 0. The molecule has 0 aromatic heterocycles. The number of hydrogen-bond acceptors (Lipinski definition) is 2. The minimum atomic E-state index is -0.256. The molecule has 0 saturated heterocycles. The molecule has 0 spiro atoms. The Morgan fingerprint density at radius 1 is 1.18 bits per heavy atom. The number of halogens is 1. The standard InChI is InChI=1S/C14H13FO2/c1-10-8-12(15)7-6-11(10)9-17-14-5-3-2-4-13(14)16/h2-8,16H,9H2,1H3. The molecule has 2 nitrogen and oxygen atoms in total. The summed E-state index contributed by atoms with van der Waals surface area (Å²) in [5.74, 6) is 0.275. The van der Waals surface area contributed by atoms with Crippen molar-refractivity contribution in [3.63, 3.8) is 0 Å². The number of para-hydroxylation sites is 2. The average Bonchev–Trinajstić information content (AvgIpc) is 2.30. The van der Waals surface area contributed by atoms with Crippen molar-refractivity contribution in [1.82, 2.24) is 0 Å². The van der Waals surface area contributed by atoms with E-state index in [1.54, 1.807) is 30.3 Å². The van der Waals surface area contributed by atoms with E-state index in [1.165, 1.54) is 12.1 Å². The quantitative estimate of drug-likeness (QED) is 0.878. The first-order valence-electron chi connectivity index (χ1n) is 5.32. The zero-order valence-corrected chi connectivity index (χ0v) is 9.48. The van der Waals surface area contributed by atoms with Gasteiger partial charge < -0.3 is 9.84 Å². The van der Waals surface area contributed by atoms with E-state index in [4.69, 9.17) is 4.74 Å². The summed E-state index contributed by atoms with van der Waals surface area (Å²) in [6, 6.07) is 11.3. The molecule has 0 fully saturated rings. The van der Waals surface area contributed by atoms with Crippen LogP contribution in [0.3, 0.4) is 0 Å². The van der Waals surface area contributed by atoms with Crippen molar-refractivity contribution in [3.05, 3.63) is 59.4 Å². The largest absolute Gasteiger partial charge is 0.504 e. The number of hydrogen-bond donors (Lipinski definition) is 1. The summed E-state index contributed by atoms with van der Waals surface area (Å²) >= 11 is 0. The van der Waals surface area contributed by atoms with Crippen molar-refractivity contribution in [2.75, 3.05) is 0 Å². The third kappa shape index (κ3) is 2.75. The van der Waals surface area contributed by atoms with Crippen LogP contribution in [0.4, 0.5) is 4.39 Å². The maximum atomic E-state index is 12.9. The number of aryl methyl sites for hydroxylation is 1. The molecule has 17 heavy (non-hydrogen) atoms. The lowest BCUT2D eigenvalue weighted by Crippen LogP contribution is -1.98. The Bertz CT molecular complexity index is 523. The topological polar surface area (TPSA) is 29.5 Å². The van der Waals surface area contributed by atoms with Crippen LogP contribution in [0.5, 0.6) is 11.5 Å². The van der Waals surface area contributed by atoms with E-state index < -0.39 is 0 Å². The van der Waals surface area contributed by atoms with Crippen molar-refractivity contribution >= 4 is 0 Å². The van der Waals surface area contributed by atoms with Gasteiger partial charge in [-0.05, 0) is 42.3 Å². The van der Waals surface area contributed by atoms with E-state index in [-0.39, 0.29) is 11.6 Å². The molecule has 1 N–H and O–H groups in total. The van der Waals surface area contributed by atoms with E-state index in [0.717, 1.165) is 11.1 Å². The van der Waals surface area contributed by atoms with Gasteiger partial charge in [0.15, 0.2) is 11.5 Å². The molecular weight excluding hydrogens is 219 g/mol. The first-order chi connectivity index (χ1) is 8.16. The predicted octanol–water partition coefficient (Wildman–Crippen LogP) is 3.42. The molecule has 2 aromatic carbocycles. The van der Waals surface area contributed by atoms with Crippen LogP contribution in [0.25, 0.3) is 0 Å². The molecule has 0 saturated carbocycles. The third-order valence-electron chi connectivity index (χ3n) is 2.55. The Hall–Kier alpha value is -2.03. The van der Waals surface area contributed by atoms with Crippen LogP contribution in [0.1, 0.15) is 11.1 Å². The average molecular weight is 232 g/mol. The molecule has 2 aromatic rings. The molecule has 0 atom stereocenters. The molecular formula is C14H13FO2. The SMILES string of the molecule is Cc1cc(F)ccc1COc1ccccc1O. The minimum Gasteiger partial charge on any atom is -0.504 e. The van der Waals surface area contributed by atoms with E-state index in [1.807, 2.05) is 6.92 Å². The summed E-state index contributed by atoms with van der Waals surface area (Å²) in [5, 5.41) is 9.52. The van der Waals surface area contributed by atoms with Gasteiger partial charge in [-0.15, -0.1) is 0 Å². The summed E-state index contributed by atoms with van der Waals surface area (Å²) < 4.78 is 18.4. The van der Waals surface area contributed by atoms with Crippen LogP contribution in [0.2, 0.25) is 0 Å². The van der Waals surface area contributed by atoms with Crippen molar-refractivity contribution in [2.24, 2.45) is 0 Å². The van der Waals surface area contributed by atoms with Gasteiger partial charge in [0.1, 0.15) is 12.4 Å². The van der Waals surface area contributed by atoms with Crippen molar-refractivity contribution in [2.45, 2.75) is 13.5 Å². The van der Waals surface area contributed by atoms with Crippen LogP contribution in [0, 0.1) is 12.7 Å². The Labute approximate surface area is 99.3 Å². The Balaban J connectivity index is 2.10. The van der Waals surface area contributed by atoms with Gasteiger partial charge in [0.25, 0.3) is 0 Å². The Morgan fingerprint density at radius 2 is 1.94 bits per heavy atom. The zero-order valence-electron chi connectivity index (χ0n) is 9.48. The molecule has 0 radical (unpaired) electrons. The molecule has 0 amide bonds. The molecule has 0 unspecified atom stereocenters. The van der Waals surface area contributed by atoms with Gasteiger partial charge in [0.05, 0.1) is 0 Å². The Morgan fingerprint density at radius 3 is 2.65 bits per heavy atom. The molecule has 0 aliphatic rings. The number of ether oxygens (including phenoxy) is 1. The van der Waals surface area contributed by atoms with Crippen molar-refractivity contribution in [1.29, 1.82) is 0 Å². The fourth-order valence-electron chi connectivity index (χ4n) is 1.56. The number of aromatic hydroxyl groups is 1. The summed E-state index contributed by atoms with van der Waals surface area (Å²) in [4.78, 5) is 0. The monoisotopic (exact) mass is 232 g/mol. The minimum absolute atomic E-state index is 0.104. The first-order valence-corrected chi connectivity index (χ1v) is 5.32. The van der Waals surface area contributed by atoms with Gasteiger partial charge >= 0.3 is 0 Å². The molecule has 2 rings (SSSR count). The fourth-order valence-corrected chi connectivity index (χ4v) is 1.56. The number of phenolic OH excluding ortho intramolecular Hbond substituents is 1. The van der Waals surface area contributed by atoms with E-state index in [2.05, 4.69) is 0 Å². The van der Waals surface area contributed by atoms with Gasteiger partial charge in [0.2, 0.25) is 0 Å². The first kappa shape index (κ1) is 11.5. The molecule has 88 valence electrons. The zero-order chi connectivity index (χ0) is 12.3. The summed E-state index contributed by atoms with van der Waals surface area (Å²) in [6.45, 7) is 2.14. The van der Waals surface area contributed by atoms with Gasteiger partial charge in [-0.1, -0.05) is 18.2 Å². The maximum Gasteiger partial charge on any atom is 0.161 e.